The molecular formula is C42H47N3O6. The Bertz CT molecular complexity index is 1890. The summed E-state index contributed by atoms with van der Waals surface area (Å²) in [5, 5.41) is 18.5. The van der Waals surface area contributed by atoms with E-state index < -0.39 is 5.41 Å². The highest BCUT2D eigenvalue weighted by Gasteiger charge is 2.49. The van der Waals surface area contributed by atoms with Gasteiger partial charge in [0.05, 0.1) is 35.7 Å². The van der Waals surface area contributed by atoms with Gasteiger partial charge < -0.3 is 24.8 Å². The number of benzene rings is 3. The predicted octanol–water partition coefficient (Wildman–Crippen LogP) is 7.02. The number of nitrogens with zero attached hydrogens (tertiary/aromatic N) is 1. The van der Waals surface area contributed by atoms with Crippen molar-refractivity contribution in [3.63, 3.8) is 0 Å². The Morgan fingerprint density at radius 3 is 2.41 bits per heavy atom. The predicted molar refractivity (Wildman–Crippen MR) is 193 cm³/mol. The first-order valence-electron chi connectivity index (χ1n) is 18.3. The molecule has 0 heterocycles. The molecule has 3 aromatic carbocycles. The van der Waals surface area contributed by atoms with E-state index in [2.05, 4.69) is 35.8 Å². The largest absolute Gasteiger partial charge is 0.496 e. The summed E-state index contributed by atoms with van der Waals surface area (Å²) >= 11 is 0. The first-order valence-corrected chi connectivity index (χ1v) is 18.3. The van der Waals surface area contributed by atoms with Crippen LogP contribution in [0, 0.1) is 39.9 Å². The molecule has 2 amide bonds. The van der Waals surface area contributed by atoms with Gasteiger partial charge in [-0.05, 0) is 91.5 Å². The van der Waals surface area contributed by atoms with E-state index in [0.29, 0.717) is 38.0 Å². The van der Waals surface area contributed by atoms with E-state index >= 15 is 0 Å². The Morgan fingerprint density at radius 2 is 1.69 bits per heavy atom. The number of ether oxygens (including phenoxy) is 3. The number of carbonyl (C=O) groups excluding carboxylic acids is 3. The topological polar surface area (TPSA) is 127 Å². The van der Waals surface area contributed by atoms with Crippen molar-refractivity contribution in [3.8, 4) is 17.6 Å². The number of nitrogens with one attached hydrogen (secondary N) is 2. The molecule has 0 spiro atoms. The average molecular weight is 690 g/mol. The number of rotatable bonds is 11. The maximum Gasteiger partial charge on any atom is 0.312 e. The van der Waals surface area contributed by atoms with Crippen molar-refractivity contribution in [1.82, 2.24) is 10.6 Å². The maximum absolute atomic E-state index is 13.9. The molecule has 2 bridgehead atoms. The number of hydrogen-bond acceptors (Lipinski definition) is 7. The molecule has 4 aliphatic carbocycles. The highest BCUT2D eigenvalue weighted by molar-refractivity contribution is 5.98. The Balaban J connectivity index is 0.996. The Kier molecular flexibility index (Phi) is 9.54. The summed E-state index contributed by atoms with van der Waals surface area (Å²) in [6, 6.07) is 19.0. The summed E-state index contributed by atoms with van der Waals surface area (Å²) in [7, 11) is 1.46. The minimum atomic E-state index is -0.652. The fourth-order valence-electron chi connectivity index (χ4n) is 8.54. The second kappa shape index (κ2) is 14.1. The quantitative estimate of drug-likeness (QED) is 0.164. The second-order valence-corrected chi connectivity index (χ2v) is 15.6. The van der Waals surface area contributed by atoms with E-state index in [4.69, 9.17) is 14.2 Å². The summed E-state index contributed by atoms with van der Waals surface area (Å²) in [6.45, 7) is 5.02. The molecule has 4 aliphatic rings. The normalized spacial score (nSPS) is 27.2. The first-order chi connectivity index (χ1) is 24.6. The van der Waals surface area contributed by atoms with Gasteiger partial charge in [-0.3, -0.25) is 14.4 Å². The van der Waals surface area contributed by atoms with Crippen LogP contribution in [-0.4, -0.2) is 43.6 Å². The lowest BCUT2D eigenvalue weighted by atomic mass is 9.70. The molecule has 9 heteroatoms. The highest BCUT2D eigenvalue weighted by atomic mass is 16.5. The van der Waals surface area contributed by atoms with Crippen molar-refractivity contribution < 1.29 is 28.6 Å². The maximum atomic E-state index is 13.9. The van der Waals surface area contributed by atoms with Crippen LogP contribution in [0.2, 0.25) is 0 Å². The Morgan fingerprint density at radius 1 is 0.941 bits per heavy atom. The zero-order valence-corrected chi connectivity index (χ0v) is 29.7. The van der Waals surface area contributed by atoms with E-state index in [0.717, 1.165) is 35.6 Å². The van der Waals surface area contributed by atoms with Gasteiger partial charge in [0.2, 0.25) is 5.91 Å². The van der Waals surface area contributed by atoms with E-state index in [9.17, 15) is 19.6 Å². The van der Waals surface area contributed by atoms with Gasteiger partial charge in [0, 0.05) is 18.7 Å². The van der Waals surface area contributed by atoms with Crippen molar-refractivity contribution in [3.05, 3.63) is 83.4 Å². The summed E-state index contributed by atoms with van der Waals surface area (Å²) in [5.74, 6) is -0.236. The fraction of sp³-hybridized carbons (Fsp3) is 0.476. The molecule has 0 aliphatic heterocycles. The summed E-state index contributed by atoms with van der Waals surface area (Å²) in [4.78, 5) is 40.7. The standard InChI is InChI=1S/C42H47N3O6/c1-41(16-7-17-41)25-44-39(47)36-27-12-13-28(20-27)37(36)45-38(46)33-22-34(30(23-43)21-35(33)49-3)51-31-14-18-42(2,19-15-31)40(48)50-24-29-10-6-9-26-8-4-5-11-32(26)29/h4-6,8-13,21-22,27-28,31,36-37H,7,14-20,24-25H2,1-3H3,(H,44,47)(H,45,46)/t27-,28+,31?,36+,37-,42?/m1/s1. The zero-order chi connectivity index (χ0) is 35.8. The summed E-state index contributed by atoms with van der Waals surface area (Å²) in [5.41, 5.74) is 0.986. The number of amides is 2. The highest BCUT2D eigenvalue weighted by Crippen LogP contribution is 2.45. The molecule has 2 N–H and O–H groups in total. The van der Waals surface area contributed by atoms with Gasteiger partial charge >= 0.3 is 5.97 Å². The smallest absolute Gasteiger partial charge is 0.312 e. The van der Waals surface area contributed by atoms with Crippen LogP contribution in [0.5, 0.6) is 11.5 Å². The molecular weight excluding hydrogens is 642 g/mol. The van der Waals surface area contributed by atoms with Crippen LogP contribution in [0.25, 0.3) is 10.8 Å². The van der Waals surface area contributed by atoms with Crippen LogP contribution in [0.4, 0.5) is 0 Å². The van der Waals surface area contributed by atoms with Gasteiger partial charge in [0.1, 0.15) is 24.2 Å². The van der Waals surface area contributed by atoms with Crippen LogP contribution in [0.3, 0.4) is 0 Å². The van der Waals surface area contributed by atoms with Gasteiger partial charge in [-0.1, -0.05) is 68.0 Å². The molecule has 0 unspecified atom stereocenters. The lowest BCUT2D eigenvalue weighted by molar-refractivity contribution is -0.159. The van der Waals surface area contributed by atoms with E-state index in [1.807, 2.05) is 49.4 Å². The zero-order valence-electron chi connectivity index (χ0n) is 29.7. The summed E-state index contributed by atoms with van der Waals surface area (Å²) in [6.07, 6.45) is 10.5. The second-order valence-electron chi connectivity index (χ2n) is 15.6. The molecule has 4 atom stereocenters. The van der Waals surface area contributed by atoms with Gasteiger partial charge in [-0.2, -0.15) is 5.26 Å². The van der Waals surface area contributed by atoms with E-state index in [-0.39, 0.29) is 76.6 Å². The third kappa shape index (κ3) is 6.93. The molecule has 0 radical (unpaired) electrons. The van der Waals surface area contributed by atoms with E-state index in [1.54, 1.807) is 6.07 Å². The van der Waals surface area contributed by atoms with Crippen molar-refractivity contribution >= 4 is 28.6 Å². The fourth-order valence-corrected chi connectivity index (χ4v) is 8.54. The van der Waals surface area contributed by atoms with Crippen LogP contribution < -0.4 is 20.1 Å². The molecule has 3 aromatic rings. The van der Waals surface area contributed by atoms with Gasteiger partial charge in [0.15, 0.2) is 0 Å². The molecule has 3 fully saturated rings. The van der Waals surface area contributed by atoms with Crippen LogP contribution in [0.15, 0.2) is 66.7 Å². The molecule has 51 heavy (non-hydrogen) atoms. The molecule has 7 rings (SSSR count). The lowest BCUT2D eigenvalue weighted by Crippen LogP contribution is -2.50. The van der Waals surface area contributed by atoms with Crippen molar-refractivity contribution in [2.24, 2.45) is 28.6 Å². The van der Waals surface area contributed by atoms with Gasteiger partial charge in [-0.25, -0.2) is 0 Å². The Hall–Kier alpha value is -4.84. The molecule has 266 valence electrons. The number of hydrogen-bond donors (Lipinski definition) is 2. The third-order valence-electron chi connectivity index (χ3n) is 12.0. The minimum Gasteiger partial charge on any atom is -0.496 e. The van der Waals surface area contributed by atoms with Crippen LogP contribution in [0.1, 0.15) is 86.7 Å². The van der Waals surface area contributed by atoms with Crippen molar-refractivity contribution in [2.45, 2.75) is 84.0 Å². The minimum absolute atomic E-state index is 0.0113. The number of allylic oxidation sites excluding steroid dienone is 1. The number of methoxy groups -OCH3 is 1. The lowest BCUT2D eigenvalue weighted by Gasteiger charge is -2.39. The van der Waals surface area contributed by atoms with Crippen LogP contribution >= 0.6 is 0 Å². The van der Waals surface area contributed by atoms with Gasteiger partial charge in [0.25, 0.3) is 5.91 Å². The Labute approximate surface area is 299 Å². The van der Waals surface area contributed by atoms with E-state index in [1.165, 1.54) is 19.6 Å². The molecule has 9 nitrogen and oxygen atoms in total. The molecule has 0 saturated heterocycles. The number of esters is 1. The molecule has 0 aromatic heterocycles. The number of nitriles is 1. The van der Waals surface area contributed by atoms with Crippen molar-refractivity contribution in [1.29, 1.82) is 5.26 Å². The average Bonchev–Trinajstić information content (AvgIpc) is 3.75. The third-order valence-corrected chi connectivity index (χ3v) is 12.0. The molecule has 3 saturated carbocycles. The SMILES string of the molecule is COc1cc(C#N)c(OC2CCC(C)(C(=O)OCc3cccc4ccccc34)CC2)cc1C(=O)N[C@H]1[C@@H](C(=O)NCC2(C)CCC2)[C@@H]2C=C[C@H]1C2. The van der Waals surface area contributed by atoms with Gasteiger partial charge in [-0.15, -0.1) is 0 Å². The monoisotopic (exact) mass is 689 g/mol. The summed E-state index contributed by atoms with van der Waals surface area (Å²) < 4.78 is 17.8. The number of fused-ring (bicyclic) bond motifs is 3. The van der Waals surface area contributed by atoms with Crippen molar-refractivity contribution in [2.75, 3.05) is 13.7 Å². The number of carbonyl (C=O) groups is 3. The van der Waals surface area contributed by atoms with Crippen LogP contribution in [-0.2, 0) is 20.9 Å². The first kappa shape index (κ1) is 34.6.